The third-order valence-electron chi connectivity index (χ3n) is 4.63. The van der Waals surface area contributed by atoms with Crippen molar-refractivity contribution in [3.8, 4) is 11.4 Å². The van der Waals surface area contributed by atoms with Crippen molar-refractivity contribution in [3.05, 3.63) is 70.0 Å². The van der Waals surface area contributed by atoms with Gasteiger partial charge in [0.2, 0.25) is 11.7 Å². The molecule has 1 saturated heterocycles. The number of halogens is 2. The van der Waals surface area contributed by atoms with Crippen molar-refractivity contribution in [2.45, 2.75) is 25.3 Å². The van der Waals surface area contributed by atoms with Crippen LogP contribution in [0.4, 0.5) is 0 Å². The fraction of sp³-hybridized carbons (Fsp3) is 0.250. The number of rotatable bonds is 3. The predicted molar refractivity (Wildman–Crippen MR) is 104 cm³/mol. The first kappa shape index (κ1) is 18.0. The van der Waals surface area contributed by atoms with Crippen LogP contribution in [0.3, 0.4) is 0 Å². The fourth-order valence-corrected chi connectivity index (χ4v) is 3.88. The Morgan fingerprint density at radius 2 is 1.81 bits per heavy atom. The molecule has 0 bridgehead atoms. The van der Waals surface area contributed by atoms with Gasteiger partial charge in [-0.2, -0.15) is 4.98 Å². The van der Waals surface area contributed by atoms with E-state index in [0.717, 1.165) is 24.8 Å². The molecule has 0 N–H and O–H groups in total. The van der Waals surface area contributed by atoms with Crippen molar-refractivity contribution in [2.75, 3.05) is 6.54 Å². The third kappa shape index (κ3) is 3.84. The molecule has 1 amide bonds. The maximum absolute atomic E-state index is 13.1. The number of likely N-dealkylation sites (tertiary alicyclic amines) is 1. The van der Waals surface area contributed by atoms with Crippen LogP contribution in [-0.4, -0.2) is 27.5 Å². The number of carbonyl (C=O) groups excluding carboxylic acids is 1. The van der Waals surface area contributed by atoms with Gasteiger partial charge >= 0.3 is 0 Å². The molecular weight excluding hydrogens is 385 g/mol. The largest absolute Gasteiger partial charge is 0.337 e. The molecule has 3 aromatic rings. The van der Waals surface area contributed by atoms with Gasteiger partial charge in [-0.1, -0.05) is 58.7 Å². The van der Waals surface area contributed by atoms with E-state index in [9.17, 15) is 4.79 Å². The number of amides is 1. The standard InChI is InChI=1S/C20H17Cl2N3O2/c21-15-10-14(11-16(22)12-15)20(26)25-9-5-4-8-17(25)19-23-18(24-27-19)13-6-2-1-3-7-13/h1-3,6-7,10-12,17H,4-5,8-9H2. The molecular formula is C20H17Cl2N3O2. The third-order valence-corrected chi connectivity index (χ3v) is 5.07. The molecule has 2 heterocycles. The Morgan fingerprint density at radius 1 is 1.07 bits per heavy atom. The molecule has 1 atom stereocenters. The summed E-state index contributed by atoms with van der Waals surface area (Å²) in [4.78, 5) is 19.4. The second-order valence-electron chi connectivity index (χ2n) is 6.49. The Hall–Kier alpha value is -2.37. The van der Waals surface area contributed by atoms with Gasteiger partial charge in [-0.25, -0.2) is 0 Å². The van der Waals surface area contributed by atoms with E-state index in [4.69, 9.17) is 27.7 Å². The van der Waals surface area contributed by atoms with Gasteiger partial charge in [-0.3, -0.25) is 4.79 Å². The molecule has 1 fully saturated rings. The second kappa shape index (κ2) is 7.71. The van der Waals surface area contributed by atoms with E-state index in [1.165, 1.54) is 0 Å². The van der Waals surface area contributed by atoms with Crippen LogP contribution in [-0.2, 0) is 0 Å². The Balaban J connectivity index is 1.63. The zero-order valence-corrected chi connectivity index (χ0v) is 16.0. The van der Waals surface area contributed by atoms with Crippen molar-refractivity contribution in [1.29, 1.82) is 0 Å². The van der Waals surface area contributed by atoms with Crippen LogP contribution in [0, 0.1) is 0 Å². The van der Waals surface area contributed by atoms with Crippen LogP contribution in [0.5, 0.6) is 0 Å². The first-order valence-corrected chi connectivity index (χ1v) is 9.53. The Morgan fingerprint density at radius 3 is 2.56 bits per heavy atom. The van der Waals surface area contributed by atoms with Crippen LogP contribution in [0.15, 0.2) is 53.1 Å². The summed E-state index contributed by atoms with van der Waals surface area (Å²) < 4.78 is 5.52. The number of carbonyl (C=O) groups is 1. The van der Waals surface area contributed by atoms with Crippen molar-refractivity contribution in [3.63, 3.8) is 0 Å². The lowest BCUT2D eigenvalue weighted by atomic mass is 10.0. The zero-order valence-electron chi connectivity index (χ0n) is 14.4. The highest BCUT2D eigenvalue weighted by Gasteiger charge is 2.33. The summed E-state index contributed by atoms with van der Waals surface area (Å²) in [5, 5.41) is 4.96. The van der Waals surface area contributed by atoms with Crippen LogP contribution < -0.4 is 0 Å². The highest BCUT2D eigenvalue weighted by atomic mass is 35.5. The van der Waals surface area contributed by atoms with Gasteiger partial charge in [0.15, 0.2) is 0 Å². The number of aromatic nitrogens is 2. The first-order chi connectivity index (χ1) is 13.1. The number of hydrogen-bond donors (Lipinski definition) is 0. The minimum absolute atomic E-state index is 0.136. The lowest BCUT2D eigenvalue weighted by Crippen LogP contribution is -2.38. The molecule has 0 spiro atoms. The molecule has 1 aliphatic rings. The lowest BCUT2D eigenvalue weighted by Gasteiger charge is -2.33. The summed E-state index contributed by atoms with van der Waals surface area (Å²) in [5.41, 5.74) is 1.34. The van der Waals surface area contributed by atoms with Crippen LogP contribution >= 0.6 is 23.2 Å². The van der Waals surface area contributed by atoms with E-state index in [-0.39, 0.29) is 11.9 Å². The molecule has 1 aromatic heterocycles. The van der Waals surface area contributed by atoms with Crippen LogP contribution in [0.1, 0.15) is 41.6 Å². The normalized spacial score (nSPS) is 17.1. The lowest BCUT2D eigenvalue weighted by molar-refractivity contribution is 0.0561. The minimum atomic E-state index is -0.256. The summed E-state index contributed by atoms with van der Waals surface area (Å²) in [6.45, 7) is 0.622. The molecule has 27 heavy (non-hydrogen) atoms. The second-order valence-corrected chi connectivity index (χ2v) is 7.36. The molecule has 1 aliphatic heterocycles. The Kier molecular flexibility index (Phi) is 5.14. The highest BCUT2D eigenvalue weighted by Crippen LogP contribution is 2.33. The summed E-state index contributed by atoms with van der Waals surface area (Å²) >= 11 is 12.1. The maximum atomic E-state index is 13.1. The van der Waals surface area contributed by atoms with Gasteiger partial charge in [-0.05, 0) is 37.5 Å². The molecule has 2 aromatic carbocycles. The predicted octanol–water partition coefficient (Wildman–Crippen LogP) is 5.41. The summed E-state index contributed by atoms with van der Waals surface area (Å²) in [5.74, 6) is 0.841. The van der Waals surface area contributed by atoms with E-state index >= 15 is 0 Å². The van der Waals surface area contributed by atoms with Crippen LogP contribution in [0.25, 0.3) is 11.4 Å². The van der Waals surface area contributed by atoms with Crippen LogP contribution in [0.2, 0.25) is 10.0 Å². The Bertz CT molecular complexity index is 939. The molecule has 4 rings (SSSR count). The van der Waals surface area contributed by atoms with Gasteiger partial charge < -0.3 is 9.42 Å². The van der Waals surface area contributed by atoms with E-state index < -0.39 is 0 Å². The van der Waals surface area contributed by atoms with E-state index in [1.54, 1.807) is 23.1 Å². The van der Waals surface area contributed by atoms with Gasteiger partial charge in [0.1, 0.15) is 6.04 Å². The number of piperidine rings is 1. The number of hydrogen-bond acceptors (Lipinski definition) is 4. The fourth-order valence-electron chi connectivity index (χ4n) is 3.35. The first-order valence-electron chi connectivity index (χ1n) is 8.78. The van der Waals surface area contributed by atoms with E-state index in [1.807, 2.05) is 30.3 Å². The van der Waals surface area contributed by atoms with Crippen molar-refractivity contribution in [1.82, 2.24) is 15.0 Å². The topological polar surface area (TPSA) is 59.2 Å². The average molecular weight is 402 g/mol. The average Bonchev–Trinajstić information content (AvgIpc) is 3.17. The molecule has 0 aliphatic carbocycles. The molecule has 1 unspecified atom stereocenters. The summed E-state index contributed by atoms with van der Waals surface area (Å²) in [6, 6.07) is 14.2. The summed E-state index contributed by atoms with van der Waals surface area (Å²) in [7, 11) is 0. The van der Waals surface area contributed by atoms with Gasteiger partial charge in [-0.15, -0.1) is 0 Å². The van der Waals surface area contributed by atoms with Gasteiger partial charge in [0.05, 0.1) is 0 Å². The summed E-state index contributed by atoms with van der Waals surface area (Å²) in [6.07, 6.45) is 2.69. The minimum Gasteiger partial charge on any atom is -0.337 e. The molecule has 0 radical (unpaired) electrons. The quantitative estimate of drug-likeness (QED) is 0.588. The van der Waals surface area contributed by atoms with Crippen molar-refractivity contribution in [2.24, 2.45) is 0 Å². The molecule has 7 heteroatoms. The molecule has 138 valence electrons. The van der Waals surface area contributed by atoms with Crippen molar-refractivity contribution >= 4 is 29.1 Å². The SMILES string of the molecule is O=C(c1cc(Cl)cc(Cl)c1)N1CCCCC1c1nc(-c2ccccc2)no1. The monoisotopic (exact) mass is 401 g/mol. The van der Waals surface area contributed by atoms with Gasteiger partial charge in [0.25, 0.3) is 5.91 Å². The zero-order chi connectivity index (χ0) is 18.8. The van der Waals surface area contributed by atoms with Crippen molar-refractivity contribution < 1.29 is 9.32 Å². The van der Waals surface area contributed by atoms with E-state index in [2.05, 4.69) is 10.1 Å². The molecule has 0 saturated carbocycles. The number of nitrogens with zero attached hydrogens (tertiary/aromatic N) is 3. The van der Waals surface area contributed by atoms with Gasteiger partial charge in [0, 0.05) is 27.7 Å². The number of benzene rings is 2. The smallest absolute Gasteiger partial charge is 0.254 e. The highest BCUT2D eigenvalue weighted by molar-refractivity contribution is 6.35. The maximum Gasteiger partial charge on any atom is 0.254 e. The molecule has 5 nitrogen and oxygen atoms in total. The van der Waals surface area contributed by atoms with E-state index in [0.29, 0.717) is 33.9 Å². The Labute approximate surface area is 166 Å².